The zero-order chi connectivity index (χ0) is 19.4. The van der Waals surface area contributed by atoms with Gasteiger partial charge in [0.05, 0.1) is 4.34 Å². The van der Waals surface area contributed by atoms with E-state index >= 15 is 0 Å². The summed E-state index contributed by atoms with van der Waals surface area (Å²) in [7, 11) is -3.54. The van der Waals surface area contributed by atoms with Gasteiger partial charge in [0.2, 0.25) is 0 Å². The molecule has 1 aliphatic rings. The summed E-state index contributed by atoms with van der Waals surface area (Å²) < 4.78 is 27.4. The van der Waals surface area contributed by atoms with Gasteiger partial charge in [-0.2, -0.15) is 16.1 Å². The summed E-state index contributed by atoms with van der Waals surface area (Å²) in [5.41, 5.74) is 1.84. The molecule has 2 aromatic rings. The maximum Gasteiger partial charge on any atom is 0.253 e. The van der Waals surface area contributed by atoms with Crippen molar-refractivity contribution >= 4 is 50.6 Å². The van der Waals surface area contributed by atoms with Crippen LogP contribution in [-0.4, -0.2) is 55.5 Å². The van der Waals surface area contributed by atoms with Crippen molar-refractivity contribution in [2.24, 2.45) is 0 Å². The first kappa shape index (κ1) is 20.7. The highest BCUT2D eigenvalue weighted by Gasteiger charge is 2.31. The lowest BCUT2D eigenvalue weighted by Gasteiger charge is -2.33. The van der Waals surface area contributed by atoms with Crippen molar-refractivity contribution in [1.82, 2.24) is 9.21 Å². The molecule has 0 unspecified atom stereocenters. The second kappa shape index (κ2) is 8.96. The normalized spacial score (nSPS) is 15.9. The Balaban J connectivity index is 1.61. The molecule has 0 radical (unpaired) electrons. The summed E-state index contributed by atoms with van der Waals surface area (Å²) in [5.74, 6) is 1.95. The van der Waals surface area contributed by atoms with Crippen LogP contribution in [0.15, 0.2) is 40.6 Å². The predicted molar refractivity (Wildman–Crippen MR) is 112 cm³/mol. The van der Waals surface area contributed by atoms with Crippen LogP contribution < -0.4 is 0 Å². The van der Waals surface area contributed by atoms with Crippen molar-refractivity contribution in [1.29, 1.82) is 0 Å². The maximum atomic E-state index is 12.7. The first-order chi connectivity index (χ1) is 12.9. The van der Waals surface area contributed by atoms with Gasteiger partial charge < -0.3 is 4.90 Å². The van der Waals surface area contributed by atoms with Crippen LogP contribution in [0.25, 0.3) is 0 Å². The molecular weight excluding hydrogens is 424 g/mol. The number of halogens is 1. The summed E-state index contributed by atoms with van der Waals surface area (Å²) in [6, 6.07) is 10.8. The van der Waals surface area contributed by atoms with Gasteiger partial charge in [0.25, 0.3) is 15.9 Å². The minimum atomic E-state index is -3.54. The number of hydrogen-bond acceptors (Lipinski definition) is 5. The average molecular weight is 445 g/mol. The number of sulfonamides is 1. The Morgan fingerprint density at radius 3 is 2.33 bits per heavy atom. The molecule has 0 bridgehead atoms. The van der Waals surface area contributed by atoms with E-state index in [9.17, 15) is 13.2 Å². The zero-order valence-electron chi connectivity index (χ0n) is 14.9. The number of thiophene rings is 1. The van der Waals surface area contributed by atoms with Crippen LogP contribution in [0.2, 0.25) is 4.34 Å². The Hall–Kier alpha value is -1.06. The summed E-state index contributed by atoms with van der Waals surface area (Å²) in [6.07, 6.45) is 0. The van der Waals surface area contributed by atoms with Gasteiger partial charge in [0, 0.05) is 37.5 Å². The summed E-state index contributed by atoms with van der Waals surface area (Å²) in [4.78, 5) is 14.4. The highest BCUT2D eigenvalue weighted by molar-refractivity contribution is 7.98. The van der Waals surface area contributed by atoms with E-state index in [-0.39, 0.29) is 23.2 Å². The van der Waals surface area contributed by atoms with E-state index in [0.717, 1.165) is 22.8 Å². The quantitative estimate of drug-likeness (QED) is 0.679. The largest absolute Gasteiger partial charge is 0.336 e. The summed E-state index contributed by atoms with van der Waals surface area (Å²) >= 11 is 8.75. The van der Waals surface area contributed by atoms with Gasteiger partial charge in [-0.1, -0.05) is 30.7 Å². The summed E-state index contributed by atoms with van der Waals surface area (Å²) in [6.45, 7) is 3.45. The van der Waals surface area contributed by atoms with E-state index in [0.29, 0.717) is 23.0 Å². The molecule has 27 heavy (non-hydrogen) atoms. The van der Waals surface area contributed by atoms with Gasteiger partial charge in [-0.3, -0.25) is 4.79 Å². The zero-order valence-corrected chi connectivity index (χ0v) is 18.1. The number of rotatable bonds is 6. The van der Waals surface area contributed by atoms with Crippen LogP contribution in [0, 0.1) is 0 Å². The molecule has 2 heterocycles. The van der Waals surface area contributed by atoms with Gasteiger partial charge in [-0.25, -0.2) is 8.42 Å². The minimum Gasteiger partial charge on any atom is -0.336 e. The van der Waals surface area contributed by atoms with Crippen molar-refractivity contribution < 1.29 is 13.2 Å². The molecule has 3 rings (SSSR count). The molecule has 5 nitrogen and oxygen atoms in total. The number of nitrogens with zero attached hydrogens (tertiary/aromatic N) is 2. The van der Waals surface area contributed by atoms with Gasteiger partial charge >= 0.3 is 0 Å². The fraction of sp³-hybridized carbons (Fsp3) is 0.389. The van der Waals surface area contributed by atoms with Crippen molar-refractivity contribution in [3.05, 3.63) is 51.9 Å². The highest BCUT2D eigenvalue weighted by Crippen LogP contribution is 2.28. The smallest absolute Gasteiger partial charge is 0.253 e. The molecule has 1 saturated heterocycles. The molecule has 1 fully saturated rings. The van der Waals surface area contributed by atoms with Crippen molar-refractivity contribution in [3.8, 4) is 0 Å². The predicted octanol–water partition coefficient (Wildman–Crippen LogP) is 3.80. The second-order valence-electron chi connectivity index (χ2n) is 6.09. The van der Waals surface area contributed by atoms with Crippen LogP contribution in [0.5, 0.6) is 0 Å². The molecule has 0 aliphatic carbocycles. The summed E-state index contributed by atoms with van der Waals surface area (Å²) in [5, 5.41) is 0. The van der Waals surface area contributed by atoms with Gasteiger partial charge in [-0.05, 0) is 35.6 Å². The topological polar surface area (TPSA) is 57.7 Å². The Morgan fingerprint density at radius 2 is 1.78 bits per heavy atom. The van der Waals surface area contributed by atoms with Gasteiger partial charge in [-0.15, -0.1) is 11.3 Å². The molecule has 0 saturated carbocycles. The lowest BCUT2D eigenvalue weighted by atomic mass is 10.1. The minimum absolute atomic E-state index is 0.0547. The molecule has 1 aromatic carbocycles. The Bertz CT molecular complexity index is 889. The molecule has 1 amide bonds. The third kappa shape index (κ3) is 4.86. The van der Waals surface area contributed by atoms with Gasteiger partial charge in [0.15, 0.2) is 0 Å². The third-order valence-electron chi connectivity index (χ3n) is 4.34. The Morgan fingerprint density at radius 1 is 1.11 bits per heavy atom. The van der Waals surface area contributed by atoms with Crippen molar-refractivity contribution in [2.75, 3.05) is 31.9 Å². The lowest BCUT2D eigenvalue weighted by Crippen LogP contribution is -2.50. The van der Waals surface area contributed by atoms with E-state index in [2.05, 4.69) is 6.92 Å². The number of piperazine rings is 1. The maximum absolute atomic E-state index is 12.7. The number of hydrogen-bond donors (Lipinski definition) is 0. The molecule has 1 aliphatic heterocycles. The molecule has 0 spiro atoms. The standard InChI is InChI=1S/C18H21ClN2O3S3/c1-2-25-13-14-3-5-15(6-4-14)18(22)20-9-11-21(12-10-20)27(23,24)17-8-7-16(19)26-17/h3-8H,2,9-13H2,1H3. The van der Waals surface area contributed by atoms with Crippen molar-refractivity contribution in [2.45, 2.75) is 16.9 Å². The molecule has 0 N–H and O–H groups in total. The van der Waals surface area contributed by atoms with Crippen LogP contribution >= 0.6 is 34.7 Å². The molecule has 146 valence electrons. The molecule has 0 atom stereocenters. The van der Waals surface area contributed by atoms with E-state index < -0.39 is 10.0 Å². The third-order valence-corrected chi connectivity index (χ3v) is 8.89. The fourth-order valence-electron chi connectivity index (χ4n) is 2.84. The van der Waals surface area contributed by atoms with Crippen molar-refractivity contribution in [3.63, 3.8) is 0 Å². The van der Waals surface area contributed by atoms with Crippen LogP contribution in [0.3, 0.4) is 0 Å². The lowest BCUT2D eigenvalue weighted by molar-refractivity contribution is 0.0698. The van der Waals surface area contributed by atoms with Gasteiger partial charge in [0.1, 0.15) is 4.21 Å². The van der Waals surface area contributed by atoms with E-state index in [1.54, 1.807) is 11.0 Å². The number of thioether (sulfide) groups is 1. The number of carbonyl (C=O) groups excluding carboxylic acids is 1. The van der Waals surface area contributed by atoms with E-state index in [1.165, 1.54) is 15.9 Å². The van der Waals surface area contributed by atoms with E-state index in [1.807, 2.05) is 36.0 Å². The first-order valence-electron chi connectivity index (χ1n) is 8.63. The molecule has 9 heteroatoms. The first-order valence-corrected chi connectivity index (χ1v) is 12.4. The van der Waals surface area contributed by atoms with Crippen LogP contribution in [0.4, 0.5) is 0 Å². The average Bonchev–Trinajstić information content (AvgIpc) is 3.13. The number of carbonyl (C=O) groups is 1. The Kier molecular flexibility index (Phi) is 6.86. The van der Waals surface area contributed by atoms with E-state index in [4.69, 9.17) is 11.6 Å². The monoisotopic (exact) mass is 444 g/mol. The Labute approximate surface area is 173 Å². The molecular formula is C18H21ClN2O3S3. The highest BCUT2D eigenvalue weighted by atomic mass is 35.5. The van der Waals surface area contributed by atoms with Crippen LogP contribution in [0.1, 0.15) is 22.8 Å². The fourth-order valence-corrected chi connectivity index (χ4v) is 6.53. The number of amides is 1. The molecule has 1 aromatic heterocycles. The SMILES string of the molecule is CCSCc1ccc(C(=O)N2CCN(S(=O)(=O)c3ccc(Cl)s3)CC2)cc1. The number of benzene rings is 1. The second-order valence-corrected chi connectivity index (χ2v) is 11.2. The van der Waals surface area contributed by atoms with Crippen LogP contribution in [-0.2, 0) is 15.8 Å².